The zero-order chi connectivity index (χ0) is 13.7. The molecule has 1 fully saturated rings. The van der Waals surface area contributed by atoms with Crippen molar-refractivity contribution in [1.82, 2.24) is 20.6 Å². The number of nitrogens with zero attached hydrogens (tertiary/aromatic N) is 2. The third-order valence-electron chi connectivity index (χ3n) is 3.19. The van der Waals surface area contributed by atoms with Crippen LogP contribution in [0.2, 0.25) is 0 Å². The summed E-state index contributed by atoms with van der Waals surface area (Å²) >= 11 is 0. The molecule has 1 aromatic rings. The first-order valence-corrected chi connectivity index (χ1v) is 6.42. The average Bonchev–Trinajstić information content (AvgIpc) is 3.04. The Labute approximate surface area is 111 Å². The number of hydrogen-bond acceptors (Lipinski definition) is 3. The predicted octanol–water partition coefficient (Wildman–Crippen LogP) is 0.771. The van der Waals surface area contributed by atoms with Crippen molar-refractivity contribution in [2.24, 2.45) is 13.0 Å². The molecular formula is C13H18N4O2. The summed E-state index contributed by atoms with van der Waals surface area (Å²) in [5, 5.41) is 3.99. The van der Waals surface area contributed by atoms with Gasteiger partial charge in [-0.05, 0) is 18.9 Å². The summed E-state index contributed by atoms with van der Waals surface area (Å²) in [4.78, 5) is 23.2. The van der Waals surface area contributed by atoms with Crippen LogP contribution in [0.1, 0.15) is 31.2 Å². The molecule has 0 atom stereocenters. The zero-order valence-electron chi connectivity index (χ0n) is 10.9. The lowest BCUT2D eigenvalue weighted by Gasteiger charge is -2.09. The summed E-state index contributed by atoms with van der Waals surface area (Å²) < 4.78 is 1.65. The van der Waals surface area contributed by atoms with Crippen LogP contribution in [0.4, 0.5) is 0 Å². The van der Waals surface area contributed by atoms with Crippen molar-refractivity contribution in [1.29, 1.82) is 0 Å². The minimum absolute atomic E-state index is 0.0441. The maximum Gasteiger partial charge on any atom is 0.262 e. The van der Waals surface area contributed by atoms with Gasteiger partial charge in [0.1, 0.15) is 0 Å². The summed E-state index contributed by atoms with van der Waals surface area (Å²) in [5.41, 5.74) is 5.67. The van der Waals surface area contributed by atoms with E-state index < -0.39 is 0 Å². The second kappa shape index (κ2) is 6.17. The van der Waals surface area contributed by atoms with E-state index in [-0.39, 0.29) is 17.7 Å². The fourth-order valence-corrected chi connectivity index (χ4v) is 2.15. The fourth-order valence-electron chi connectivity index (χ4n) is 2.15. The molecule has 6 heteroatoms. The molecule has 2 rings (SSSR count). The lowest BCUT2D eigenvalue weighted by atomic mass is 10.1. The van der Waals surface area contributed by atoms with Gasteiger partial charge in [0.25, 0.3) is 5.91 Å². The standard InChI is InChI=1S/C13H18N4O2/c1-17-9-10(8-14-17)6-7-12(18)15-16-13(19)11-4-2-3-5-11/h6-9,11H,2-5H2,1H3,(H,15,18)(H,16,19)/b7-6+. The van der Waals surface area contributed by atoms with E-state index in [2.05, 4.69) is 16.0 Å². The lowest BCUT2D eigenvalue weighted by molar-refractivity contribution is -0.129. The van der Waals surface area contributed by atoms with Crippen molar-refractivity contribution in [2.75, 3.05) is 0 Å². The quantitative estimate of drug-likeness (QED) is 0.624. The average molecular weight is 262 g/mol. The number of carbonyl (C=O) groups is 2. The maximum absolute atomic E-state index is 11.7. The highest BCUT2D eigenvalue weighted by Gasteiger charge is 2.22. The third-order valence-corrected chi connectivity index (χ3v) is 3.19. The van der Waals surface area contributed by atoms with Crippen LogP contribution in [0, 0.1) is 5.92 Å². The highest BCUT2D eigenvalue weighted by Crippen LogP contribution is 2.24. The van der Waals surface area contributed by atoms with Gasteiger partial charge in [0, 0.05) is 30.8 Å². The lowest BCUT2D eigenvalue weighted by Crippen LogP contribution is -2.43. The molecule has 0 bridgehead atoms. The second-order valence-electron chi connectivity index (χ2n) is 4.74. The molecule has 19 heavy (non-hydrogen) atoms. The van der Waals surface area contributed by atoms with Gasteiger partial charge in [0.2, 0.25) is 5.91 Å². The number of rotatable bonds is 3. The van der Waals surface area contributed by atoms with Crippen LogP contribution in [-0.2, 0) is 16.6 Å². The van der Waals surface area contributed by atoms with Gasteiger partial charge in [0.15, 0.2) is 0 Å². The molecule has 102 valence electrons. The Balaban J connectivity index is 1.75. The maximum atomic E-state index is 11.7. The van der Waals surface area contributed by atoms with Gasteiger partial charge < -0.3 is 0 Å². The van der Waals surface area contributed by atoms with Crippen LogP contribution >= 0.6 is 0 Å². The van der Waals surface area contributed by atoms with Gasteiger partial charge in [-0.25, -0.2) is 0 Å². The Morgan fingerprint density at radius 3 is 2.74 bits per heavy atom. The van der Waals surface area contributed by atoms with Gasteiger partial charge in [-0.1, -0.05) is 12.8 Å². The Morgan fingerprint density at radius 1 is 1.37 bits per heavy atom. The third kappa shape index (κ3) is 3.94. The Morgan fingerprint density at radius 2 is 2.11 bits per heavy atom. The van der Waals surface area contributed by atoms with E-state index >= 15 is 0 Å². The number of aromatic nitrogens is 2. The number of hydrazine groups is 1. The first kappa shape index (κ1) is 13.3. The van der Waals surface area contributed by atoms with Gasteiger partial charge >= 0.3 is 0 Å². The molecule has 1 saturated carbocycles. The normalized spacial score (nSPS) is 15.8. The van der Waals surface area contributed by atoms with Crippen molar-refractivity contribution in [2.45, 2.75) is 25.7 Å². The number of carbonyl (C=O) groups excluding carboxylic acids is 2. The van der Waals surface area contributed by atoms with Gasteiger partial charge in [0.05, 0.1) is 6.20 Å². The molecule has 0 spiro atoms. The summed E-state index contributed by atoms with van der Waals surface area (Å²) in [5.74, 6) is -0.404. The van der Waals surface area contributed by atoms with Crippen molar-refractivity contribution in [3.05, 3.63) is 24.0 Å². The van der Waals surface area contributed by atoms with Crippen LogP contribution in [0.5, 0.6) is 0 Å². The molecule has 1 aliphatic carbocycles. The van der Waals surface area contributed by atoms with Gasteiger partial charge in [-0.3, -0.25) is 25.1 Å². The van der Waals surface area contributed by atoms with Crippen molar-refractivity contribution < 1.29 is 9.59 Å². The van der Waals surface area contributed by atoms with E-state index in [9.17, 15) is 9.59 Å². The molecule has 0 aromatic carbocycles. The molecule has 0 aliphatic heterocycles. The molecule has 0 unspecified atom stereocenters. The predicted molar refractivity (Wildman–Crippen MR) is 70.5 cm³/mol. The summed E-state index contributed by atoms with van der Waals surface area (Å²) in [6.45, 7) is 0. The van der Waals surface area contributed by atoms with E-state index in [4.69, 9.17) is 0 Å². The van der Waals surface area contributed by atoms with Crippen LogP contribution in [0.25, 0.3) is 6.08 Å². The number of amides is 2. The fraction of sp³-hybridized carbons (Fsp3) is 0.462. The molecule has 1 heterocycles. The number of hydrogen-bond donors (Lipinski definition) is 2. The Hall–Kier alpha value is -2.11. The highest BCUT2D eigenvalue weighted by atomic mass is 16.2. The molecule has 1 aliphatic rings. The van der Waals surface area contributed by atoms with E-state index in [0.717, 1.165) is 31.2 Å². The molecule has 0 saturated heterocycles. The first-order valence-electron chi connectivity index (χ1n) is 6.42. The molecule has 2 amide bonds. The molecule has 6 nitrogen and oxygen atoms in total. The Bertz CT molecular complexity index is 487. The smallest absolute Gasteiger partial charge is 0.262 e. The summed E-state index contributed by atoms with van der Waals surface area (Å²) in [7, 11) is 1.80. The number of nitrogens with one attached hydrogen (secondary N) is 2. The van der Waals surface area contributed by atoms with Crippen molar-refractivity contribution in [3.63, 3.8) is 0 Å². The zero-order valence-corrected chi connectivity index (χ0v) is 10.9. The van der Waals surface area contributed by atoms with Crippen LogP contribution in [0.15, 0.2) is 18.5 Å². The van der Waals surface area contributed by atoms with E-state index in [0.29, 0.717) is 0 Å². The van der Waals surface area contributed by atoms with E-state index in [1.807, 2.05) is 0 Å². The highest BCUT2D eigenvalue weighted by molar-refractivity contribution is 5.93. The van der Waals surface area contributed by atoms with E-state index in [1.54, 1.807) is 30.2 Å². The van der Waals surface area contributed by atoms with Gasteiger partial charge in [-0.2, -0.15) is 5.10 Å². The van der Waals surface area contributed by atoms with Crippen molar-refractivity contribution >= 4 is 17.9 Å². The second-order valence-corrected chi connectivity index (χ2v) is 4.74. The monoisotopic (exact) mass is 262 g/mol. The minimum atomic E-state index is -0.352. The van der Waals surface area contributed by atoms with Crippen LogP contribution < -0.4 is 10.9 Å². The van der Waals surface area contributed by atoms with Crippen molar-refractivity contribution in [3.8, 4) is 0 Å². The summed E-state index contributed by atoms with van der Waals surface area (Å²) in [6, 6.07) is 0. The molecule has 2 N–H and O–H groups in total. The SMILES string of the molecule is Cn1cc(/C=C/C(=O)NNC(=O)C2CCCC2)cn1. The van der Waals surface area contributed by atoms with E-state index in [1.165, 1.54) is 6.08 Å². The Kier molecular flexibility index (Phi) is 4.33. The molecular weight excluding hydrogens is 244 g/mol. The van der Waals surface area contributed by atoms with Gasteiger partial charge in [-0.15, -0.1) is 0 Å². The summed E-state index contributed by atoms with van der Waals surface area (Å²) in [6.07, 6.45) is 10.5. The molecule has 1 aromatic heterocycles. The topological polar surface area (TPSA) is 76.0 Å². The first-order chi connectivity index (χ1) is 9.15. The van der Waals surface area contributed by atoms with Crippen LogP contribution in [-0.4, -0.2) is 21.6 Å². The van der Waals surface area contributed by atoms with Crippen LogP contribution in [0.3, 0.4) is 0 Å². The minimum Gasteiger partial charge on any atom is -0.275 e. The number of aryl methyl sites for hydroxylation is 1. The molecule has 0 radical (unpaired) electrons. The largest absolute Gasteiger partial charge is 0.275 e.